The molecule has 27 heavy (non-hydrogen) atoms. The number of hydrogen-bond acceptors (Lipinski definition) is 2. The summed E-state index contributed by atoms with van der Waals surface area (Å²) < 4.78 is 6.60. The van der Waals surface area contributed by atoms with Crippen LogP contribution in [0.3, 0.4) is 0 Å². The van der Waals surface area contributed by atoms with Gasteiger partial charge in [0, 0.05) is 25.8 Å². The van der Waals surface area contributed by atoms with Gasteiger partial charge in [0.05, 0.1) is 6.42 Å². The van der Waals surface area contributed by atoms with Gasteiger partial charge in [0.2, 0.25) is 5.91 Å². The molecule has 3 rings (SSSR count). The van der Waals surface area contributed by atoms with Gasteiger partial charge in [-0.25, -0.2) is 0 Å². The fourth-order valence-corrected chi connectivity index (χ4v) is 3.28. The Labute approximate surface area is 176 Å². The summed E-state index contributed by atoms with van der Waals surface area (Å²) in [5.41, 5.74) is 2.46. The minimum atomic E-state index is -0.125. The van der Waals surface area contributed by atoms with E-state index in [2.05, 4.69) is 21.2 Å². The standard InChI is InChI=1S/C21H16BrCl2NO2/c22-19-12-17(25-21(26)11-14-3-1-2-4-20(14)24)8-5-15(19)13-27-18-9-6-16(23)7-10-18/h1-10,12H,11,13H2,(H,25,26). The zero-order valence-corrected chi connectivity index (χ0v) is 17.3. The van der Waals surface area contributed by atoms with E-state index in [1.807, 2.05) is 48.5 Å². The number of ether oxygens (including phenoxy) is 1. The highest BCUT2D eigenvalue weighted by Crippen LogP contribution is 2.24. The highest BCUT2D eigenvalue weighted by Gasteiger charge is 2.09. The van der Waals surface area contributed by atoms with Crippen molar-refractivity contribution < 1.29 is 9.53 Å². The van der Waals surface area contributed by atoms with Gasteiger partial charge in [-0.15, -0.1) is 0 Å². The number of hydrogen-bond donors (Lipinski definition) is 1. The quantitative estimate of drug-likeness (QED) is 0.451. The minimum Gasteiger partial charge on any atom is -0.489 e. The van der Waals surface area contributed by atoms with E-state index in [0.29, 0.717) is 22.3 Å². The third-order valence-corrected chi connectivity index (χ3v) is 5.21. The number of nitrogens with one attached hydrogen (secondary N) is 1. The summed E-state index contributed by atoms with van der Waals surface area (Å²) >= 11 is 15.5. The lowest BCUT2D eigenvalue weighted by Crippen LogP contribution is -2.14. The van der Waals surface area contributed by atoms with Crippen molar-refractivity contribution in [1.29, 1.82) is 0 Å². The molecular weight excluding hydrogens is 449 g/mol. The van der Waals surface area contributed by atoms with E-state index >= 15 is 0 Å². The summed E-state index contributed by atoms with van der Waals surface area (Å²) in [4.78, 5) is 12.2. The summed E-state index contributed by atoms with van der Waals surface area (Å²) in [7, 11) is 0. The number of benzene rings is 3. The van der Waals surface area contributed by atoms with Crippen molar-refractivity contribution in [2.45, 2.75) is 13.0 Å². The first-order valence-corrected chi connectivity index (χ1v) is 9.76. The van der Waals surface area contributed by atoms with Crippen LogP contribution in [0.4, 0.5) is 5.69 Å². The van der Waals surface area contributed by atoms with Crippen LogP contribution in [0, 0.1) is 0 Å². The monoisotopic (exact) mass is 463 g/mol. The van der Waals surface area contributed by atoms with Gasteiger partial charge in [-0.05, 0) is 48.0 Å². The molecule has 0 fully saturated rings. The Morgan fingerprint density at radius 1 is 0.963 bits per heavy atom. The Kier molecular flexibility index (Phi) is 6.78. The molecule has 0 aromatic heterocycles. The van der Waals surface area contributed by atoms with Gasteiger partial charge >= 0.3 is 0 Å². The molecule has 0 saturated heterocycles. The highest BCUT2D eigenvalue weighted by atomic mass is 79.9. The molecule has 3 aromatic carbocycles. The first-order valence-electron chi connectivity index (χ1n) is 8.21. The predicted molar refractivity (Wildman–Crippen MR) is 114 cm³/mol. The largest absolute Gasteiger partial charge is 0.489 e. The topological polar surface area (TPSA) is 38.3 Å². The first-order chi connectivity index (χ1) is 13.0. The third-order valence-electron chi connectivity index (χ3n) is 3.85. The molecule has 0 aliphatic heterocycles. The van der Waals surface area contributed by atoms with Crippen LogP contribution >= 0.6 is 39.1 Å². The molecule has 138 valence electrons. The van der Waals surface area contributed by atoms with Crippen LogP contribution in [0.25, 0.3) is 0 Å². The van der Waals surface area contributed by atoms with Crippen LogP contribution in [0.5, 0.6) is 5.75 Å². The Bertz CT molecular complexity index is 945. The van der Waals surface area contributed by atoms with Crippen LogP contribution < -0.4 is 10.1 Å². The Morgan fingerprint density at radius 3 is 2.41 bits per heavy atom. The third kappa shape index (κ3) is 5.73. The maximum atomic E-state index is 12.2. The zero-order valence-electron chi connectivity index (χ0n) is 14.2. The molecule has 0 spiro atoms. The molecule has 0 bridgehead atoms. The predicted octanol–water partition coefficient (Wildman–Crippen LogP) is 6.52. The van der Waals surface area contributed by atoms with E-state index in [1.54, 1.807) is 18.2 Å². The molecule has 0 aliphatic carbocycles. The molecule has 0 radical (unpaired) electrons. The molecule has 6 heteroatoms. The van der Waals surface area contributed by atoms with E-state index in [1.165, 1.54) is 0 Å². The molecule has 1 amide bonds. The minimum absolute atomic E-state index is 0.125. The summed E-state index contributed by atoms with van der Waals surface area (Å²) in [5, 5.41) is 4.14. The first kappa shape index (κ1) is 19.7. The van der Waals surface area contributed by atoms with Crippen LogP contribution in [0.15, 0.2) is 71.2 Å². The fraction of sp³-hybridized carbons (Fsp3) is 0.0952. The normalized spacial score (nSPS) is 10.5. The summed E-state index contributed by atoms with van der Waals surface area (Å²) in [6.45, 7) is 0.399. The van der Waals surface area contributed by atoms with Crippen molar-refractivity contribution in [2.24, 2.45) is 0 Å². The summed E-state index contributed by atoms with van der Waals surface area (Å²) in [6.07, 6.45) is 0.221. The van der Waals surface area contributed by atoms with Crippen molar-refractivity contribution in [2.75, 3.05) is 5.32 Å². The zero-order chi connectivity index (χ0) is 19.2. The van der Waals surface area contributed by atoms with Gasteiger partial charge in [0.15, 0.2) is 0 Å². The number of halogens is 3. The van der Waals surface area contributed by atoms with E-state index in [4.69, 9.17) is 27.9 Å². The smallest absolute Gasteiger partial charge is 0.228 e. The molecule has 0 atom stereocenters. The molecule has 0 unspecified atom stereocenters. The average molecular weight is 465 g/mol. The molecular formula is C21H16BrCl2NO2. The van der Waals surface area contributed by atoms with Gasteiger partial charge in [0.25, 0.3) is 0 Å². The van der Waals surface area contributed by atoms with E-state index in [-0.39, 0.29) is 12.3 Å². The molecule has 3 nitrogen and oxygen atoms in total. The van der Waals surface area contributed by atoms with Crippen molar-refractivity contribution in [3.63, 3.8) is 0 Å². The maximum Gasteiger partial charge on any atom is 0.228 e. The second-order valence-electron chi connectivity index (χ2n) is 5.87. The Morgan fingerprint density at radius 2 is 1.70 bits per heavy atom. The van der Waals surface area contributed by atoms with Crippen LogP contribution in [0.1, 0.15) is 11.1 Å². The highest BCUT2D eigenvalue weighted by molar-refractivity contribution is 9.10. The van der Waals surface area contributed by atoms with Gasteiger partial charge in [-0.1, -0.05) is 63.4 Å². The van der Waals surface area contributed by atoms with Crippen molar-refractivity contribution >= 4 is 50.7 Å². The maximum absolute atomic E-state index is 12.2. The lowest BCUT2D eigenvalue weighted by Gasteiger charge is -2.11. The number of amides is 1. The second-order valence-corrected chi connectivity index (χ2v) is 7.56. The molecule has 0 aliphatic rings. The van der Waals surface area contributed by atoms with Gasteiger partial charge in [-0.2, -0.15) is 0 Å². The Hall–Kier alpha value is -2.01. The molecule has 3 aromatic rings. The fourth-order valence-electron chi connectivity index (χ4n) is 2.45. The lowest BCUT2D eigenvalue weighted by atomic mass is 10.1. The van der Waals surface area contributed by atoms with Crippen LogP contribution in [-0.2, 0) is 17.8 Å². The number of carbonyl (C=O) groups is 1. The van der Waals surface area contributed by atoms with Crippen LogP contribution in [0.2, 0.25) is 10.0 Å². The van der Waals surface area contributed by atoms with E-state index in [9.17, 15) is 4.79 Å². The molecule has 0 heterocycles. The molecule has 1 N–H and O–H groups in total. The average Bonchev–Trinajstić information content (AvgIpc) is 2.64. The van der Waals surface area contributed by atoms with Crippen molar-refractivity contribution in [1.82, 2.24) is 0 Å². The number of rotatable bonds is 6. The number of carbonyl (C=O) groups excluding carboxylic acids is 1. The van der Waals surface area contributed by atoms with E-state index in [0.717, 1.165) is 21.3 Å². The molecule has 0 saturated carbocycles. The Balaban J connectivity index is 1.59. The van der Waals surface area contributed by atoms with Gasteiger partial charge in [0.1, 0.15) is 12.4 Å². The summed E-state index contributed by atoms with van der Waals surface area (Å²) in [5.74, 6) is 0.614. The van der Waals surface area contributed by atoms with Gasteiger partial charge < -0.3 is 10.1 Å². The SMILES string of the molecule is O=C(Cc1ccccc1Cl)Nc1ccc(COc2ccc(Cl)cc2)c(Br)c1. The van der Waals surface area contributed by atoms with Gasteiger partial charge in [-0.3, -0.25) is 4.79 Å². The summed E-state index contributed by atoms with van der Waals surface area (Å²) in [6, 6.07) is 20.1. The lowest BCUT2D eigenvalue weighted by molar-refractivity contribution is -0.115. The second kappa shape index (κ2) is 9.27. The van der Waals surface area contributed by atoms with E-state index < -0.39 is 0 Å². The van der Waals surface area contributed by atoms with Crippen LogP contribution in [-0.4, -0.2) is 5.91 Å². The van der Waals surface area contributed by atoms with Crippen molar-refractivity contribution in [3.8, 4) is 5.75 Å². The number of anilines is 1. The van der Waals surface area contributed by atoms with Crippen molar-refractivity contribution in [3.05, 3.63) is 92.4 Å².